The van der Waals surface area contributed by atoms with E-state index < -0.39 is 0 Å². The summed E-state index contributed by atoms with van der Waals surface area (Å²) in [6.07, 6.45) is 12.2. The van der Waals surface area contributed by atoms with Crippen molar-refractivity contribution in [3.8, 4) is 5.75 Å². The van der Waals surface area contributed by atoms with Crippen LogP contribution < -0.4 is 4.74 Å². The van der Waals surface area contributed by atoms with Gasteiger partial charge in [-0.05, 0) is 25.0 Å². The van der Waals surface area contributed by atoms with Gasteiger partial charge in [0.15, 0.2) is 0 Å². The zero-order valence-corrected chi connectivity index (χ0v) is 12.4. The zero-order valence-electron chi connectivity index (χ0n) is 12.4. The second-order valence-electron chi connectivity index (χ2n) is 5.84. The molecule has 0 radical (unpaired) electrons. The van der Waals surface area contributed by atoms with Gasteiger partial charge in [0.2, 0.25) is 0 Å². The van der Waals surface area contributed by atoms with Crippen LogP contribution in [0, 0.1) is 5.92 Å². The van der Waals surface area contributed by atoms with Crippen LogP contribution in [0.15, 0.2) is 30.3 Å². The van der Waals surface area contributed by atoms with E-state index in [2.05, 4.69) is 0 Å². The summed E-state index contributed by atoms with van der Waals surface area (Å²) in [6.45, 7) is 0. The van der Waals surface area contributed by atoms with E-state index in [1.165, 1.54) is 38.5 Å². The van der Waals surface area contributed by atoms with Gasteiger partial charge in [-0.15, -0.1) is 0 Å². The summed E-state index contributed by atoms with van der Waals surface area (Å²) in [6, 6.07) is 9.44. The molecule has 1 aliphatic carbocycles. The summed E-state index contributed by atoms with van der Waals surface area (Å²) in [5.41, 5.74) is 0. The molecule has 0 atom stereocenters. The Kier molecular flexibility index (Phi) is 6.62. The molecule has 1 aliphatic rings. The normalized spacial score (nSPS) is 19.0. The van der Waals surface area contributed by atoms with Gasteiger partial charge in [-0.3, -0.25) is 4.79 Å². The highest BCUT2D eigenvalue weighted by Gasteiger charge is 2.20. The highest BCUT2D eigenvalue weighted by Crippen LogP contribution is 2.23. The van der Waals surface area contributed by atoms with E-state index >= 15 is 0 Å². The molecule has 0 saturated heterocycles. The van der Waals surface area contributed by atoms with Crippen LogP contribution in [0.25, 0.3) is 0 Å². The molecule has 0 heterocycles. The number of para-hydroxylation sites is 1. The van der Waals surface area contributed by atoms with E-state index in [4.69, 9.17) is 4.74 Å². The van der Waals surface area contributed by atoms with Crippen LogP contribution in [0.1, 0.15) is 64.2 Å². The molecular weight excluding hydrogens is 248 g/mol. The Morgan fingerprint density at radius 1 is 0.800 bits per heavy atom. The van der Waals surface area contributed by atoms with Gasteiger partial charge >= 0.3 is 5.97 Å². The lowest BCUT2D eigenvalue weighted by molar-refractivity contribution is -0.139. The molecule has 0 amide bonds. The first-order chi connectivity index (χ1) is 9.86. The Hall–Kier alpha value is -1.31. The number of esters is 1. The van der Waals surface area contributed by atoms with Crippen molar-refractivity contribution in [1.82, 2.24) is 0 Å². The number of benzene rings is 1. The highest BCUT2D eigenvalue weighted by atomic mass is 16.5. The molecular formula is C18H26O2. The summed E-state index contributed by atoms with van der Waals surface area (Å²) in [5, 5.41) is 0. The van der Waals surface area contributed by atoms with Crippen molar-refractivity contribution < 1.29 is 9.53 Å². The molecule has 1 saturated carbocycles. The third-order valence-electron chi connectivity index (χ3n) is 4.15. The Bertz CT molecular complexity index is 374. The summed E-state index contributed by atoms with van der Waals surface area (Å²) >= 11 is 0. The molecule has 2 rings (SSSR count). The van der Waals surface area contributed by atoms with Gasteiger partial charge in [0, 0.05) is 0 Å². The number of carbonyl (C=O) groups is 1. The number of hydrogen-bond acceptors (Lipinski definition) is 2. The van der Waals surface area contributed by atoms with Crippen LogP contribution >= 0.6 is 0 Å². The Morgan fingerprint density at radius 2 is 1.30 bits per heavy atom. The molecule has 0 N–H and O–H groups in total. The highest BCUT2D eigenvalue weighted by molar-refractivity contribution is 5.75. The molecule has 0 unspecified atom stereocenters. The van der Waals surface area contributed by atoms with E-state index in [0.717, 1.165) is 25.7 Å². The van der Waals surface area contributed by atoms with Gasteiger partial charge in [0.25, 0.3) is 0 Å². The lowest BCUT2D eigenvalue weighted by atomic mass is 9.95. The Balaban J connectivity index is 1.87. The van der Waals surface area contributed by atoms with E-state index in [1.54, 1.807) is 0 Å². The first-order valence-corrected chi connectivity index (χ1v) is 8.13. The van der Waals surface area contributed by atoms with E-state index in [-0.39, 0.29) is 11.9 Å². The average Bonchev–Trinajstić information content (AvgIpc) is 2.53. The lowest BCUT2D eigenvalue weighted by Gasteiger charge is -2.15. The van der Waals surface area contributed by atoms with E-state index in [0.29, 0.717) is 5.75 Å². The van der Waals surface area contributed by atoms with Crippen molar-refractivity contribution >= 4 is 5.97 Å². The molecule has 1 fully saturated rings. The molecule has 2 nitrogen and oxygen atoms in total. The summed E-state index contributed by atoms with van der Waals surface area (Å²) in [4.78, 5) is 12.3. The number of carbonyl (C=O) groups excluding carboxylic acids is 1. The summed E-state index contributed by atoms with van der Waals surface area (Å²) in [7, 11) is 0. The maximum atomic E-state index is 12.3. The van der Waals surface area contributed by atoms with Gasteiger partial charge < -0.3 is 4.74 Å². The standard InChI is InChI=1S/C18H26O2/c19-18(20-17-14-10-7-11-15-17)16-12-8-5-3-1-2-4-6-9-13-16/h7,10-11,14-16H,1-6,8-9,12-13H2. The van der Waals surface area contributed by atoms with Crippen molar-refractivity contribution in [2.24, 2.45) is 5.92 Å². The number of rotatable bonds is 2. The predicted molar refractivity (Wildman–Crippen MR) is 81.7 cm³/mol. The van der Waals surface area contributed by atoms with Gasteiger partial charge in [-0.2, -0.15) is 0 Å². The van der Waals surface area contributed by atoms with Crippen molar-refractivity contribution in [3.05, 3.63) is 30.3 Å². The molecule has 0 spiro atoms. The van der Waals surface area contributed by atoms with Gasteiger partial charge in [0.1, 0.15) is 5.75 Å². The van der Waals surface area contributed by atoms with Crippen LogP contribution in [0.3, 0.4) is 0 Å². The predicted octanol–water partition coefficient (Wildman–Crippen LogP) is 5.12. The van der Waals surface area contributed by atoms with Crippen LogP contribution in [0.5, 0.6) is 5.75 Å². The molecule has 20 heavy (non-hydrogen) atoms. The Labute approximate surface area is 122 Å². The van der Waals surface area contributed by atoms with Crippen molar-refractivity contribution in [2.45, 2.75) is 64.2 Å². The fraction of sp³-hybridized carbons (Fsp3) is 0.611. The lowest BCUT2D eigenvalue weighted by Crippen LogP contribution is -2.20. The quantitative estimate of drug-likeness (QED) is 0.552. The number of hydrogen-bond donors (Lipinski definition) is 0. The first kappa shape index (κ1) is 15.1. The average molecular weight is 274 g/mol. The molecule has 1 aromatic rings. The summed E-state index contributed by atoms with van der Waals surface area (Å²) in [5.74, 6) is 0.732. The molecule has 0 aliphatic heterocycles. The first-order valence-electron chi connectivity index (χ1n) is 8.13. The van der Waals surface area contributed by atoms with Gasteiger partial charge in [0.05, 0.1) is 5.92 Å². The van der Waals surface area contributed by atoms with Crippen LogP contribution in [-0.4, -0.2) is 5.97 Å². The maximum Gasteiger partial charge on any atom is 0.314 e. The molecule has 1 aromatic carbocycles. The van der Waals surface area contributed by atoms with Crippen molar-refractivity contribution in [1.29, 1.82) is 0 Å². The number of ether oxygens (including phenoxy) is 1. The van der Waals surface area contributed by atoms with Crippen LogP contribution in [-0.2, 0) is 4.79 Å². The smallest absolute Gasteiger partial charge is 0.314 e. The monoisotopic (exact) mass is 274 g/mol. The van der Waals surface area contributed by atoms with Gasteiger partial charge in [-0.25, -0.2) is 0 Å². The third kappa shape index (κ3) is 5.36. The van der Waals surface area contributed by atoms with Gasteiger partial charge in [-0.1, -0.05) is 69.6 Å². The van der Waals surface area contributed by atoms with Crippen LogP contribution in [0.4, 0.5) is 0 Å². The van der Waals surface area contributed by atoms with E-state index in [1.807, 2.05) is 30.3 Å². The second-order valence-corrected chi connectivity index (χ2v) is 5.84. The van der Waals surface area contributed by atoms with Crippen LogP contribution in [0.2, 0.25) is 0 Å². The molecule has 110 valence electrons. The van der Waals surface area contributed by atoms with Crippen molar-refractivity contribution in [3.63, 3.8) is 0 Å². The topological polar surface area (TPSA) is 26.3 Å². The SMILES string of the molecule is O=C(Oc1ccccc1)C1CCCCCCCCCC1. The maximum absolute atomic E-state index is 12.3. The zero-order chi connectivity index (χ0) is 14.0. The summed E-state index contributed by atoms with van der Waals surface area (Å²) < 4.78 is 5.51. The second kappa shape index (κ2) is 8.78. The van der Waals surface area contributed by atoms with Crippen molar-refractivity contribution in [2.75, 3.05) is 0 Å². The van der Waals surface area contributed by atoms with E-state index in [9.17, 15) is 4.79 Å². The minimum absolute atomic E-state index is 0.0320. The molecule has 0 aromatic heterocycles. The molecule has 0 bridgehead atoms. The molecule has 2 heteroatoms. The largest absolute Gasteiger partial charge is 0.426 e. The fourth-order valence-electron chi connectivity index (χ4n) is 2.91. The third-order valence-corrected chi connectivity index (χ3v) is 4.15. The fourth-order valence-corrected chi connectivity index (χ4v) is 2.91. The minimum atomic E-state index is -0.0320. The minimum Gasteiger partial charge on any atom is -0.426 e. The Morgan fingerprint density at radius 3 is 1.85 bits per heavy atom.